The lowest BCUT2D eigenvalue weighted by molar-refractivity contribution is 0.503. The van der Waals surface area contributed by atoms with Crippen molar-refractivity contribution in [2.45, 2.75) is 39.2 Å². The standard InChI is InChI=1S/C15H20ClN/c1-4-6-7-15(17-10-5-2)14-9-8-13(16)11-12(14)3/h1,8-9,11,15,17H,5-7,10H2,2-3H3. The van der Waals surface area contributed by atoms with Crippen LogP contribution in [0, 0.1) is 19.3 Å². The Balaban J connectivity index is 2.83. The summed E-state index contributed by atoms with van der Waals surface area (Å²) in [5.41, 5.74) is 2.53. The SMILES string of the molecule is C#CCCC(NCCC)c1ccc(Cl)cc1C. The fourth-order valence-corrected chi connectivity index (χ4v) is 2.17. The van der Waals surface area contributed by atoms with Crippen LogP contribution in [0.3, 0.4) is 0 Å². The first-order chi connectivity index (χ1) is 8.19. The summed E-state index contributed by atoms with van der Waals surface area (Å²) in [6.07, 6.45) is 8.24. The van der Waals surface area contributed by atoms with E-state index in [9.17, 15) is 0 Å². The summed E-state index contributed by atoms with van der Waals surface area (Å²) in [6.45, 7) is 5.27. The molecule has 92 valence electrons. The topological polar surface area (TPSA) is 12.0 Å². The predicted octanol–water partition coefficient (Wildman–Crippen LogP) is 4.10. The molecule has 2 heteroatoms. The first-order valence-electron chi connectivity index (χ1n) is 6.12. The van der Waals surface area contributed by atoms with Gasteiger partial charge in [-0.1, -0.05) is 24.6 Å². The average Bonchev–Trinajstić information content (AvgIpc) is 2.30. The van der Waals surface area contributed by atoms with E-state index < -0.39 is 0 Å². The van der Waals surface area contributed by atoms with Gasteiger partial charge in [-0.15, -0.1) is 12.3 Å². The van der Waals surface area contributed by atoms with Gasteiger partial charge in [0.2, 0.25) is 0 Å². The first-order valence-corrected chi connectivity index (χ1v) is 6.49. The maximum absolute atomic E-state index is 5.98. The van der Waals surface area contributed by atoms with Gasteiger partial charge < -0.3 is 5.32 Å². The molecule has 0 aromatic heterocycles. The third-order valence-corrected chi connectivity index (χ3v) is 3.06. The van der Waals surface area contributed by atoms with E-state index in [0.29, 0.717) is 6.04 Å². The Morgan fingerprint density at radius 2 is 2.24 bits per heavy atom. The molecule has 17 heavy (non-hydrogen) atoms. The minimum atomic E-state index is 0.336. The van der Waals surface area contributed by atoms with E-state index in [1.807, 2.05) is 12.1 Å². The molecule has 1 unspecified atom stereocenters. The summed E-state index contributed by atoms with van der Waals surface area (Å²) < 4.78 is 0. The lowest BCUT2D eigenvalue weighted by Crippen LogP contribution is -2.22. The van der Waals surface area contributed by atoms with Gasteiger partial charge >= 0.3 is 0 Å². The van der Waals surface area contributed by atoms with Crippen molar-refractivity contribution >= 4 is 11.6 Å². The van der Waals surface area contributed by atoms with Crippen LogP contribution < -0.4 is 5.32 Å². The Hall–Kier alpha value is -0.970. The fourth-order valence-electron chi connectivity index (χ4n) is 1.94. The lowest BCUT2D eigenvalue weighted by Gasteiger charge is -2.20. The van der Waals surface area contributed by atoms with Gasteiger partial charge in [-0.2, -0.15) is 0 Å². The molecular weight excluding hydrogens is 230 g/mol. The minimum Gasteiger partial charge on any atom is -0.310 e. The van der Waals surface area contributed by atoms with Gasteiger partial charge in [0, 0.05) is 17.5 Å². The fraction of sp³-hybridized carbons (Fsp3) is 0.467. The van der Waals surface area contributed by atoms with Gasteiger partial charge in [-0.05, 0) is 49.6 Å². The van der Waals surface area contributed by atoms with Gasteiger partial charge in [-0.25, -0.2) is 0 Å². The summed E-state index contributed by atoms with van der Waals surface area (Å²) >= 11 is 5.98. The summed E-state index contributed by atoms with van der Waals surface area (Å²) in [5, 5.41) is 4.33. The number of hydrogen-bond acceptors (Lipinski definition) is 1. The van der Waals surface area contributed by atoms with Crippen LogP contribution >= 0.6 is 11.6 Å². The Morgan fingerprint density at radius 1 is 1.47 bits per heavy atom. The number of hydrogen-bond donors (Lipinski definition) is 1. The molecule has 0 saturated heterocycles. The second-order valence-corrected chi connectivity index (χ2v) is 4.69. The zero-order chi connectivity index (χ0) is 12.7. The van der Waals surface area contributed by atoms with Gasteiger partial charge in [0.1, 0.15) is 0 Å². The van der Waals surface area contributed by atoms with E-state index in [4.69, 9.17) is 18.0 Å². The van der Waals surface area contributed by atoms with Crippen LogP contribution in [0.15, 0.2) is 18.2 Å². The van der Waals surface area contributed by atoms with E-state index in [-0.39, 0.29) is 0 Å². The van der Waals surface area contributed by atoms with Crippen molar-refractivity contribution in [2.75, 3.05) is 6.54 Å². The van der Waals surface area contributed by atoms with Crippen molar-refractivity contribution in [1.82, 2.24) is 5.32 Å². The second kappa shape index (κ2) is 7.37. The highest BCUT2D eigenvalue weighted by atomic mass is 35.5. The highest BCUT2D eigenvalue weighted by molar-refractivity contribution is 6.30. The van der Waals surface area contributed by atoms with Crippen molar-refractivity contribution in [2.24, 2.45) is 0 Å². The van der Waals surface area contributed by atoms with Crippen LogP contribution in [0.5, 0.6) is 0 Å². The molecule has 0 spiro atoms. The second-order valence-electron chi connectivity index (χ2n) is 4.25. The number of rotatable bonds is 6. The van der Waals surface area contributed by atoms with E-state index in [1.165, 1.54) is 11.1 Å². The summed E-state index contributed by atoms with van der Waals surface area (Å²) in [6, 6.07) is 6.39. The van der Waals surface area contributed by atoms with Crippen LogP contribution in [0.4, 0.5) is 0 Å². The van der Waals surface area contributed by atoms with Gasteiger partial charge in [-0.3, -0.25) is 0 Å². The summed E-state index contributed by atoms with van der Waals surface area (Å²) in [7, 11) is 0. The molecule has 1 aromatic carbocycles. The molecule has 0 aliphatic carbocycles. The third kappa shape index (κ3) is 4.42. The molecule has 0 fully saturated rings. The molecule has 1 rings (SSSR count). The van der Waals surface area contributed by atoms with Crippen LogP contribution in [0.2, 0.25) is 5.02 Å². The Morgan fingerprint density at radius 3 is 2.82 bits per heavy atom. The molecule has 1 N–H and O–H groups in total. The van der Waals surface area contributed by atoms with E-state index in [2.05, 4.69) is 31.2 Å². The van der Waals surface area contributed by atoms with Crippen molar-refractivity contribution in [1.29, 1.82) is 0 Å². The molecule has 0 radical (unpaired) electrons. The molecular formula is C15H20ClN. The number of halogens is 1. The molecule has 0 saturated carbocycles. The summed E-state index contributed by atoms with van der Waals surface area (Å²) in [4.78, 5) is 0. The van der Waals surface area contributed by atoms with Crippen LogP contribution in [-0.4, -0.2) is 6.54 Å². The number of benzene rings is 1. The maximum Gasteiger partial charge on any atom is 0.0408 e. The highest BCUT2D eigenvalue weighted by Crippen LogP contribution is 2.24. The highest BCUT2D eigenvalue weighted by Gasteiger charge is 2.12. The van der Waals surface area contributed by atoms with Gasteiger partial charge in [0.15, 0.2) is 0 Å². The smallest absolute Gasteiger partial charge is 0.0408 e. The zero-order valence-corrected chi connectivity index (χ0v) is 11.3. The van der Waals surface area contributed by atoms with Gasteiger partial charge in [0.05, 0.1) is 0 Å². The number of aryl methyl sites for hydroxylation is 1. The maximum atomic E-state index is 5.98. The van der Waals surface area contributed by atoms with Crippen molar-refractivity contribution in [3.05, 3.63) is 34.3 Å². The Labute approximate surface area is 110 Å². The molecule has 1 atom stereocenters. The monoisotopic (exact) mass is 249 g/mol. The first kappa shape index (κ1) is 14.1. The Bertz CT molecular complexity index is 392. The molecule has 0 bridgehead atoms. The van der Waals surface area contributed by atoms with E-state index in [0.717, 1.165) is 30.8 Å². The number of nitrogens with one attached hydrogen (secondary N) is 1. The number of terminal acetylenes is 1. The molecule has 0 amide bonds. The third-order valence-electron chi connectivity index (χ3n) is 2.83. The van der Waals surface area contributed by atoms with Crippen LogP contribution in [0.25, 0.3) is 0 Å². The van der Waals surface area contributed by atoms with Crippen LogP contribution in [0.1, 0.15) is 43.4 Å². The molecule has 0 heterocycles. The molecule has 1 aromatic rings. The minimum absolute atomic E-state index is 0.336. The van der Waals surface area contributed by atoms with Crippen LogP contribution in [-0.2, 0) is 0 Å². The van der Waals surface area contributed by atoms with Crippen molar-refractivity contribution < 1.29 is 0 Å². The van der Waals surface area contributed by atoms with E-state index >= 15 is 0 Å². The largest absolute Gasteiger partial charge is 0.310 e. The van der Waals surface area contributed by atoms with Crippen molar-refractivity contribution in [3.63, 3.8) is 0 Å². The zero-order valence-electron chi connectivity index (χ0n) is 10.6. The predicted molar refractivity (Wildman–Crippen MR) is 75.3 cm³/mol. The van der Waals surface area contributed by atoms with Gasteiger partial charge in [0.25, 0.3) is 0 Å². The molecule has 1 nitrogen and oxygen atoms in total. The van der Waals surface area contributed by atoms with Crippen molar-refractivity contribution in [3.8, 4) is 12.3 Å². The summed E-state index contributed by atoms with van der Waals surface area (Å²) in [5.74, 6) is 2.71. The average molecular weight is 250 g/mol. The quantitative estimate of drug-likeness (QED) is 0.749. The molecule has 0 aliphatic rings. The lowest BCUT2D eigenvalue weighted by atomic mass is 9.97. The normalized spacial score (nSPS) is 12.1. The Kier molecular flexibility index (Phi) is 6.11. The van der Waals surface area contributed by atoms with E-state index in [1.54, 1.807) is 0 Å². The molecule has 0 aliphatic heterocycles.